The van der Waals surface area contributed by atoms with E-state index in [4.69, 9.17) is 4.74 Å². The predicted molar refractivity (Wildman–Crippen MR) is 52.9 cm³/mol. The zero-order valence-electron chi connectivity index (χ0n) is 8.93. The summed E-state index contributed by atoms with van der Waals surface area (Å²) < 4.78 is 31.7. The lowest BCUT2D eigenvalue weighted by Crippen LogP contribution is -2.38. The number of carbonyl (C=O) groups excluding carboxylic acids is 1. The Labute approximate surface area is 91.4 Å². The summed E-state index contributed by atoms with van der Waals surface area (Å²) in [5, 5.41) is 2.47. The molecule has 2 rings (SSSR count). The van der Waals surface area contributed by atoms with Crippen molar-refractivity contribution in [3.63, 3.8) is 0 Å². The summed E-state index contributed by atoms with van der Waals surface area (Å²) in [6, 6.07) is 2.21. The van der Waals surface area contributed by atoms with Gasteiger partial charge in [-0.25, -0.2) is 13.6 Å². The molecule has 0 aromatic heterocycles. The lowest BCUT2D eigenvalue weighted by atomic mass is 9.92. The first-order chi connectivity index (χ1) is 7.42. The molecule has 1 aliphatic rings. The van der Waals surface area contributed by atoms with Gasteiger partial charge in [-0.2, -0.15) is 0 Å². The molecular formula is C11H11F2NO2. The molecule has 1 aromatic rings. The van der Waals surface area contributed by atoms with E-state index in [1.807, 2.05) is 0 Å². The zero-order valence-corrected chi connectivity index (χ0v) is 8.93. The van der Waals surface area contributed by atoms with E-state index in [0.717, 1.165) is 12.1 Å². The van der Waals surface area contributed by atoms with E-state index in [1.165, 1.54) is 6.92 Å². The summed E-state index contributed by atoms with van der Waals surface area (Å²) in [5.41, 5.74) is -0.674. The second-order valence-corrected chi connectivity index (χ2v) is 4.11. The molecule has 1 saturated heterocycles. The number of benzene rings is 1. The molecule has 1 aromatic carbocycles. The summed E-state index contributed by atoms with van der Waals surface area (Å²) in [6.45, 7) is 3.06. The Hall–Kier alpha value is -1.65. The van der Waals surface area contributed by atoms with Gasteiger partial charge < -0.3 is 10.1 Å². The van der Waals surface area contributed by atoms with Gasteiger partial charge in [0.1, 0.15) is 23.8 Å². The molecule has 0 radical (unpaired) electrons. The topological polar surface area (TPSA) is 38.3 Å². The van der Waals surface area contributed by atoms with Crippen LogP contribution in [0.2, 0.25) is 0 Å². The van der Waals surface area contributed by atoms with Gasteiger partial charge in [-0.1, -0.05) is 0 Å². The quantitative estimate of drug-likeness (QED) is 0.798. The van der Waals surface area contributed by atoms with E-state index in [0.29, 0.717) is 0 Å². The molecule has 1 amide bonds. The molecule has 0 saturated carbocycles. The average molecular weight is 227 g/mol. The summed E-state index contributed by atoms with van der Waals surface area (Å²) in [6.07, 6.45) is -0.622. The first-order valence-corrected chi connectivity index (χ1v) is 4.83. The molecule has 1 aliphatic heterocycles. The van der Waals surface area contributed by atoms with Crippen molar-refractivity contribution in [2.24, 2.45) is 0 Å². The Morgan fingerprint density at radius 2 is 2.06 bits per heavy atom. The Morgan fingerprint density at radius 3 is 2.62 bits per heavy atom. The monoisotopic (exact) mass is 227 g/mol. The number of halogens is 2. The van der Waals surface area contributed by atoms with Crippen LogP contribution in [-0.2, 0) is 10.3 Å². The number of ether oxygens (including phenoxy) is 1. The van der Waals surface area contributed by atoms with E-state index in [-0.39, 0.29) is 17.7 Å². The number of hydrogen-bond acceptors (Lipinski definition) is 2. The molecular weight excluding hydrogens is 216 g/mol. The van der Waals surface area contributed by atoms with Gasteiger partial charge in [0.25, 0.3) is 0 Å². The second kappa shape index (κ2) is 3.43. The van der Waals surface area contributed by atoms with Crippen LogP contribution in [-0.4, -0.2) is 12.7 Å². The maximum absolute atomic E-state index is 13.7. The van der Waals surface area contributed by atoms with E-state index in [9.17, 15) is 13.6 Å². The van der Waals surface area contributed by atoms with Crippen LogP contribution in [0, 0.1) is 18.6 Å². The Balaban J connectivity index is 2.48. The molecule has 5 heteroatoms. The molecule has 1 atom stereocenters. The predicted octanol–water partition coefficient (Wildman–Crippen LogP) is 2.23. The van der Waals surface area contributed by atoms with Gasteiger partial charge in [0.2, 0.25) is 0 Å². The smallest absolute Gasteiger partial charge is 0.408 e. The fraction of sp³-hybridized carbons (Fsp3) is 0.364. The highest BCUT2D eigenvalue weighted by Gasteiger charge is 2.39. The Kier molecular flexibility index (Phi) is 2.33. The summed E-state index contributed by atoms with van der Waals surface area (Å²) >= 11 is 0. The minimum absolute atomic E-state index is 0.00868. The first-order valence-electron chi connectivity index (χ1n) is 4.83. The van der Waals surface area contributed by atoms with Gasteiger partial charge in [-0.05, 0) is 31.5 Å². The van der Waals surface area contributed by atoms with Crippen molar-refractivity contribution < 1.29 is 18.3 Å². The highest BCUT2D eigenvalue weighted by atomic mass is 19.1. The minimum atomic E-state index is -1.00. The first kappa shape index (κ1) is 10.9. The SMILES string of the molecule is Cc1cc(F)c(C2(C)COC(=O)N2)cc1F. The lowest BCUT2D eigenvalue weighted by molar-refractivity contribution is 0.173. The molecule has 0 spiro atoms. The van der Waals surface area contributed by atoms with E-state index < -0.39 is 23.3 Å². The van der Waals surface area contributed by atoms with Crippen LogP contribution < -0.4 is 5.32 Å². The van der Waals surface area contributed by atoms with Crippen molar-refractivity contribution in [3.05, 3.63) is 34.9 Å². The number of aryl methyl sites for hydroxylation is 1. The molecule has 1 N–H and O–H groups in total. The van der Waals surface area contributed by atoms with Crippen LogP contribution in [0.4, 0.5) is 13.6 Å². The number of hydrogen-bond donors (Lipinski definition) is 1. The highest BCUT2D eigenvalue weighted by molar-refractivity contribution is 5.71. The zero-order chi connectivity index (χ0) is 11.9. The van der Waals surface area contributed by atoms with Gasteiger partial charge in [-0.3, -0.25) is 0 Å². The molecule has 16 heavy (non-hydrogen) atoms. The maximum atomic E-state index is 13.7. The van der Waals surface area contributed by atoms with Crippen molar-refractivity contribution in [1.82, 2.24) is 5.32 Å². The van der Waals surface area contributed by atoms with Crippen LogP contribution in [0.15, 0.2) is 12.1 Å². The number of nitrogens with one attached hydrogen (secondary N) is 1. The molecule has 3 nitrogen and oxygen atoms in total. The van der Waals surface area contributed by atoms with Crippen LogP contribution in [0.3, 0.4) is 0 Å². The van der Waals surface area contributed by atoms with Crippen molar-refractivity contribution in [3.8, 4) is 0 Å². The molecule has 1 unspecified atom stereocenters. The minimum Gasteiger partial charge on any atom is -0.447 e. The van der Waals surface area contributed by atoms with Crippen molar-refractivity contribution >= 4 is 6.09 Å². The molecule has 0 aliphatic carbocycles. The Morgan fingerprint density at radius 1 is 1.38 bits per heavy atom. The maximum Gasteiger partial charge on any atom is 0.408 e. The van der Waals surface area contributed by atoms with Crippen molar-refractivity contribution in [2.45, 2.75) is 19.4 Å². The van der Waals surface area contributed by atoms with Gasteiger partial charge in [0, 0.05) is 5.56 Å². The van der Waals surface area contributed by atoms with Gasteiger partial charge in [-0.15, -0.1) is 0 Å². The fourth-order valence-electron chi connectivity index (χ4n) is 1.72. The number of alkyl carbamates (subject to hydrolysis) is 1. The molecule has 1 heterocycles. The van der Waals surface area contributed by atoms with Gasteiger partial charge in [0.15, 0.2) is 0 Å². The standard InChI is InChI=1S/C11H11F2NO2/c1-6-3-9(13)7(4-8(6)12)11(2)5-16-10(15)14-11/h3-4H,5H2,1-2H3,(H,14,15). The summed E-state index contributed by atoms with van der Waals surface area (Å²) in [4.78, 5) is 10.9. The van der Waals surface area contributed by atoms with Crippen molar-refractivity contribution in [1.29, 1.82) is 0 Å². The Bertz CT molecular complexity index is 462. The third-order valence-corrected chi connectivity index (χ3v) is 2.71. The van der Waals surface area contributed by atoms with E-state index >= 15 is 0 Å². The van der Waals surface area contributed by atoms with Crippen LogP contribution in [0.1, 0.15) is 18.1 Å². The van der Waals surface area contributed by atoms with E-state index in [2.05, 4.69) is 5.32 Å². The fourth-order valence-corrected chi connectivity index (χ4v) is 1.72. The van der Waals surface area contributed by atoms with Crippen LogP contribution in [0.25, 0.3) is 0 Å². The highest BCUT2D eigenvalue weighted by Crippen LogP contribution is 2.29. The third-order valence-electron chi connectivity index (χ3n) is 2.71. The van der Waals surface area contributed by atoms with Crippen LogP contribution >= 0.6 is 0 Å². The number of rotatable bonds is 1. The summed E-state index contributed by atoms with van der Waals surface area (Å²) in [5.74, 6) is -1.05. The molecule has 0 bridgehead atoms. The number of carbonyl (C=O) groups is 1. The second-order valence-electron chi connectivity index (χ2n) is 4.11. The average Bonchev–Trinajstić information content (AvgIpc) is 2.53. The largest absolute Gasteiger partial charge is 0.447 e. The van der Waals surface area contributed by atoms with Crippen LogP contribution in [0.5, 0.6) is 0 Å². The van der Waals surface area contributed by atoms with E-state index in [1.54, 1.807) is 6.92 Å². The normalized spacial score (nSPS) is 24.1. The van der Waals surface area contributed by atoms with Crippen molar-refractivity contribution in [2.75, 3.05) is 6.61 Å². The van der Waals surface area contributed by atoms with Gasteiger partial charge in [0.05, 0.1) is 0 Å². The molecule has 86 valence electrons. The lowest BCUT2D eigenvalue weighted by Gasteiger charge is -2.22. The number of cyclic esters (lactones) is 1. The van der Waals surface area contributed by atoms with Gasteiger partial charge >= 0.3 is 6.09 Å². The third kappa shape index (κ3) is 1.62. The number of amides is 1. The summed E-state index contributed by atoms with van der Waals surface area (Å²) in [7, 11) is 0. The molecule has 1 fully saturated rings.